The molecule has 2 aromatic carbocycles. The summed E-state index contributed by atoms with van der Waals surface area (Å²) in [5.41, 5.74) is 1.49. The van der Waals surface area contributed by atoms with Crippen molar-refractivity contribution in [1.29, 1.82) is 0 Å². The van der Waals surface area contributed by atoms with Gasteiger partial charge in [0.2, 0.25) is 5.91 Å². The van der Waals surface area contributed by atoms with E-state index in [9.17, 15) is 19.7 Å². The molecule has 0 aromatic heterocycles. The summed E-state index contributed by atoms with van der Waals surface area (Å²) < 4.78 is 10.6. The highest BCUT2D eigenvalue weighted by atomic mass is 16.6. The van der Waals surface area contributed by atoms with Crippen LogP contribution in [0.4, 0.5) is 5.69 Å². The Balaban J connectivity index is 1.75. The van der Waals surface area contributed by atoms with Gasteiger partial charge in [0.1, 0.15) is 17.5 Å². The van der Waals surface area contributed by atoms with Gasteiger partial charge in [0, 0.05) is 35.4 Å². The second kappa shape index (κ2) is 9.67. The molecule has 9 heteroatoms. The fraction of sp³-hybridized carbons (Fsp3) is 0.391. The monoisotopic (exact) mass is 441 g/mol. The lowest BCUT2D eigenvalue weighted by Crippen LogP contribution is -2.46. The van der Waals surface area contributed by atoms with Crippen LogP contribution >= 0.6 is 0 Å². The first-order chi connectivity index (χ1) is 15.3. The zero-order valence-electron chi connectivity index (χ0n) is 18.6. The fourth-order valence-electron chi connectivity index (χ4n) is 4.01. The van der Waals surface area contributed by atoms with Crippen molar-refractivity contribution in [2.45, 2.75) is 38.8 Å². The summed E-state index contributed by atoms with van der Waals surface area (Å²) in [6.07, 6.45) is 1.26. The maximum absolute atomic E-state index is 13.1. The molecule has 1 N–H and O–H groups in total. The summed E-state index contributed by atoms with van der Waals surface area (Å²) in [5.74, 6) is 0.683. The van der Waals surface area contributed by atoms with Gasteiger partial charge >= 0.3 is 0 Å². The Hall–Kier alpha value is -3.62. The van der Waals surface area contributed by atoms with Crippen LogP contribution in [0.15, 0.2) is 36.4 Å². The van der Waals surface area contributed by atoms with Gasteiger partial charge in [-0.3, -0.25) is 19.7 Å². The van der Waals surface area contributed by atoms with Crippen molar-refractivity contribution in [2.75, 3.05) is 20.8 Å². The molecule has 32 heavy (non-hydrogen) atoms. The second-order valence-corrected chi connectivity index (χ2v) is 7.75. The molecule has 0 aliphatic carbocycles. The molecule has 3 rings (SSSR count). The van der Waals surface area contributed by atoms with Gasteiger partial charge in [-0.1, -0.05) is 0 Å². The topological polar surface area (TPSA) is 111 Å². The molecule has 0 radical (unpaired) electrons. The predicted molar refractivity (Wildman–Crippen MR) is 118 cm³/mol. The number of aryl methyl sites for hydroxylation is 1. The van der Waals surface area contributed by atoms with Crippen LogP contribution < -0.4 is 14.8 Å². The molecule has 170 valence electrons. The molecular weight excluding hydrogens is 414 g/mol. The third-order valence-electron chi connectivity index (χ3n) is 5.72. The predicted octanol–water partition coefficient (Wildman–Crippen LogP) is 3.40. The van der Waals surface area contributed by atoms with Crippen LogP contribution in [0.3, 0.4) is 0 Å². The minimum absolute atomic E-state index is 0.0421. The van der Waals surface area contributed by atoms with Crippen LogP contribution in [0.2, 0.25) is 0 Å². The number of likely N-dealkylation sites (tertiary alicyclic amines) is 1. The van der Waals surface area contributed by atoms with Crippen molar-refractivity contribution in [3.8, 4) is 11.5 Å². The van der Waals surface area contributed by atoms with E-state index in [1.165, 1.54) is 23.1 Å². The zero-order chi connectivity index (χ0) is 23.4. The third kappa shape index (κ3) is 4.66. The van der Waals surface area contributed by atoms with Crippen LogP contribution in [0.5, 0.6) is 11.5 Å². The Bertz CT molecular complexity index is 1040. The van der Waals surface area contributed by atoms with Crippen molar-refractivity contribution in [3.63, 3.8) is 0 Å². The normalized spacial score (nSPS) is 16.4. The minimum atomic E-state index is -0.607. The third-order valence-corrected chi connectivity index (χ3v) is 5.72. The summed E-state index contributed by atoms with van der Waals surface area (Å²) in [6, 6.07) is 8.69. The second-order valence-electron chi connectivity index (χ2n) is 7.75. The van der Waals surface area contributed by atoms with Crippen LogP contribution in [-0.4, -0.2) is 48.4 Å². The lowest BCUT2D eigenvalue weighted by molar-refractivity contribution is -0.385. The molecule has 0 saturated carbocycles. The van der Waals surface area contributed by atoms with Gasteiger partial charge in [-0.2, -0.15) is 0 Å². The van der Waals surface area contributed by atoms with Crippen molar-refractivity contribution in [2.24, 2.45) is 0 Å². The number of hydrogen-bond acceptors (Lipinski definition) is 6. The standard InChI is InChI=1S/C23H27N3O6/c1-14-12-16(7-10-19(14)26(29)30)23(28)25-11-5-6-20(25)22(27)24-15(2)18-9-8-17(31-3)13-21(18)32-4/h7-10,12-13,15,20H,5-6,11H2,1-4H3,(H,24,27). The lowest BCUT2D eigenvalue weighted by Gasteiger charge is -2.26. The molecule has 2 unspecified atom stereocenters. The van der Waals surface area contributed by atoms with E-state index in [2.05, 4.69) is 5.32 Å². The smallest absolute Gasteiger partial charge is 0.272 e. The average molecular weight is 441 g/mol. The highest BCUT2D eigenvalue weighted by Crippen LogP contribution is 2.30. The lowest BCUT2D eigenvalue weighted by atomic mass is 10.1. The van der Waals surface area contributed by atoms with E-state index in [-0.39, 0.29) is 23.5 Å². The van der Waals surface area contributed by atoms with Crippen LogP contribution in [0.1, 0.15) is 47.3 Å². The molecule has 1 fully saturated rings. The minimum Gasteiger partial charge on any atom is -0.497 e. The number of methoxy groups -OCH3 is 2. The molecule has 2 aromatic rings. The maximum Gasteiger partial charge on any atom is 0.272 e. The number of rotatable bonds is 7. The highest BCUT2D eigenvalue weighted by molar-refractivity contribution is 5.98. The number of carbonyl (C=O) groups is 2. The van der Waals surface area contributed by atoms with Crippen LogP contribution in [0.25, 0.3) is 0 Å². The van der Waals surface area contributed by atoms with Gasteiger partial charge < -0.3 is 19.7 Å². The molecule has 1 aliphatic rings. The van der Waals surface area contributed by atoms with E-state index in [0.29, 0.717) is 42.0 Å². The zero-order valence-corrected chi connectivity index (χ0v) is 18.6. The Morgan fingerprint density at radius 2 is 1.94 bits per heavy atom. The van der Waals surface area contributed by atoms with E-state index >= 15 is 0 Å². The van der Waals surface area contributed by atoms with Gasteiger partial charge in [-0.25, -0.2) is 0 Å². The maximum atomic E-state index is 13.1. The molecule has 1 aliphatic heterocycles. The van der Waals surface area contributed by atoms with Crippen LogP contribution in [0, 0.1) is 17.0 Å². The molecule has 2 atom stereocenters. The summed E-state index contributed by atoms with van der Waals surface area (Å²) in [6.45, 7) is 3.89. The molecule has 0 bridgehead atoms. The summed E-state index contributed by atoms with van der Waals surface area (Å²) in [7, 11) is 3.12. The molecule has 1 saturated heterocycles. The van der Waals surface area contributed by atoms with E-state index < -0.39 is 11.0 Å². The summed E-state index contributed by atoms with van der Waals surface area (Å²) >= 11 is 0. The quantitative estimate of drug-likeness (QED) is 0.521. The number of nitro benzene ring substituents is 1. The number of nitro groups is 1. The number of benzene rings is 2. The average Bonchev–Trinajstić information content (AvgIpc) is 3.27. The Morgan fingerprint density at radius 1 is 1.19 bits per heavy atom. The molecule has 1 heterocycles. The number of nitrogens with zero attached hydrogens (tertiary/aromatic N) is 2. The first-order valence-electron chi connectivity index (χ1n) is 10.3. The van der Waals surface area contributed by atoms with Gasteiger partial charge in [-0.15, -0.1) is 0 Å². The Labute approximate surface area is 186 Å². The van der Waals surface area contributed by atoms with E-state index in [4.69, 9.17) is 9.47 Å². The summed E-state index contributed by atoms with van der Waals surface area (Å²) in [5, 5.41) is 14.0. The number of carbonyl (C=O) groups excluding carboxylic acids is 2. The van der Waals surface area contributed by atoms with Crippen LogP contribution in [-0.2, 0) is 4.79 Å². The van der Waals surface area contributed by atoms with Crippen molar-refractivity contribution in [3.05, 3.63) is 63.2 Å². The number of ether oxygens (including phenoxy) is 2. The Kier molecular flexibility index (Phi) is 6.97. The van der Waals surface area contributed by atoms with Crippen molar-refractivity contribution in [1.82, 2.24) is 10.2 Å². The van der Waals surface area contributed by atoms with Gasteiger partial charge in [0.05, 0.1) is 25.2 Å². The summed E-state index contributed by atoms with van der Waals surface area (Å²) in [4.78, 5) is 38.2. The molecular formula is C23H27N3O6. The Morgan fingerprint density at radius 3 is 2.56 bits per heavy atom. The molecule has 2 amide bonds. The fourth-order valence-corrected chi connectivity index (χ4v) is 4.01. The first kappa shape index (κ1) is 23.1. The van der Waals surface area contributed by atoms with Gasteiger partial charge in [-0.05, 0) is 51.0 Å². The van der Waals surface area contributed by atoms with E-state index in [1.54, 1.807) is 33.3 Å². The van der Waals surface area contributed by atoms with E-state index in [0.717, 1.165) is 5.56 Å². The molecule has 9 nitrogen and oxygen atoms in total. The first-order valence-corrected chi connectivity index (χ1v) is 10.3. The van der Waals surface area contributed by atoms with Crippen molar-refractivity contribution < 1.29 is 24.0 Å². The van der Waals surface area contributed by atoms with Gasteiger partial charge in [0.25, 0.3) is 11.6 Å². The SMILES string of the molecule is COc1ccc(C(C)NC(=O)C2CCCN2C(=O)c2ccc([N+](=O)[O-])c(C)c2)c(OC)c1. The number of nitrogens with one attached hydrogen (secondary N) is 1. The largest absolute Gasteiger partial charge is 0.497 e. The van der Waals surface area contributed by atoms with Crippen molar-refractivity contribution >= 4 is 17.5 Å². The van der Waals surface area contributed by atoms with Gasteiger partial charge in [0.15, 0.2) is 0 Å². The molecule has 0 spiro atoms. The highest BCUT2D eigenvalue weighted by Gasteiger charge is 2.35. The number of hydrogen-bond donors (Lipinski definition) is 1. The van der Waals surface area contributed by atoms with E-state index in [1.807, 2.05) is 13.0 Å². The number of amides is 2.